The summed E-state index contributed by atoms with van der Waals surface area (Å²) in [5.74, 6) is 1.77. The smallest absolute Gasteiger partial charge is 0.238 e. The van der Waals surface area contributed by atoms with Crippen LogP contribution in [0.25, 0.3) is 94.7 Å². The minimum Gasteiger partial charge on any atom is -0.455 e. The molecule has 0 amide bonds. The number of furan rings is 1. The van der Waals surface area contributed by atoms with Crippen molar-refractivity contribution < 1.29 is 4.42 Å². The monoisotopic (exact) mass is 641 g/mol. The molecule has 0 N–H and O–H groups in total. The lowest BCUT2D eigenvalue weighted by molar-refractivity contribution is 0.669. The van der Waals surface area contributed by atoms with Crippen molar-refractivity contribution in [3.63, 3.8) is 0 Å². The van der Waals surface area contributed by atoms with Crippen molar-refractivity contribution in [2.45, 2.75) is 0 Å². The summed E-state index contributed by atoms with van der Waals surface area (Å²) in [5.41, 5.74) is 9.92. The van der Waals surface area contributed by atoms with Gasteiger partial charge in [0.25, 0.3) is 0 Å². The van der Waals surface area contributed by atoms with Gasteiger partial charge in [0.1, 0.15) is 11.2 Å². The molecule has 0 saturated heterocycles. The quantitative estimate of drug-likeness (QED) is 0.187. The summed E-state index contributed by atoms with van der Waals surface area (Å²) in [4.78, 5) is 19.6. The first-order chi connectivity index (χ1) is 24.8. The predicted molar refractivity (Wildman–Crippen MR) is 201 cm³/mol. The molecule has 0 radical (unpaired) electrons. The summed E-state index contributed by atoms with van der Waals surface area (Å²) < 4.78 is 8.45. The molecule has 0 unspecified atom stereocenters. The van der Waals surface area contributed by atoms with Gasteiger partial charge in [0, 0.05) is 50.6 Å². The van der Waals surface area contributed by atoms with E-state index in [1.165, 1.54) is 0 Å². The Morgan fingerprint density at radius 1 is 0.420 bits per heavy atom. The van der Waals surface area contributed by atoms with E-state index in [2.05, 4.69) is 149 Å². The number of fused-ring (bicyclic) bond motifs is 6. The topological polar surface area (TPSA) is 69.6 Å². The summed E-state index contributed by atoms with van der Waals surface area (Å²) in [7, 11) is 0. The van der Waals surface area contributed by atoms with Gasteiger partial charge in [0.05, 0.1) is 11.0 Å². The largest absolute Gasteiger partial charge is 0.455 e. The fraction of sp³-hybridized carbons (Fsp3) is 0. The van der Waals surface area contributed by atoms with Gasteiger partial charge in [-0.15, -0.1) is 0 Å². The third kappa shape index (κ3) is 4.58. The molecule has 0 fully saturated rings. The molecule has 6 heteroatoms. The van der Waals surface area contributed by atoms with Gasteiger partial charge in [-0.1, -0.05) is 133 Å². The number of rotatable bonds is 5. The average Bonchev–Trinajstić information content (AvgIpc) is 3.74. The zero-order valence-corrected chi connectivity index (χ0v) is 26.7. The lowest BCUT2D eigenvalue weighted by Crippen LogP contribution is -2.06. The SMILES string of the molecule is c1ccc(-c2ccc(-c3nc(-c4ccc(-c5cccc6c5oc5ccncc56)cc4)nc(-n4c5ccccc5c5ccccc54)n3)cc2)cc1. The number of benzene rings is 6. The zero-order chi connectivity index (χ0) is 33.0. The number of hydrogen-bond donors (Lipinski definition) is 0. The van der Waals surface area contributed by atoms with Crippen LogP contribution in [-0.2, 0) is 0 Å². The first-order valence-corrected chi connectivity index (χ1v) is 16.5. The van der Waals surface area contributed by atoms with Crippen LogP contribution in [0.2, 0.25) is 0 Å². The standard InChI is InChI=1S/C44H27N5O/c1-2-9-28(10-3-1)29-17-21-31(22-18-29)42-46-43(48-44(47-42)49-38-15-6-4-11-34(38)35-12-5-7-16-39(35)49)32-23-19-30(20-24-32)33-13-8-14-36-37-27-45-26-25-40(37)50-41(33)36/h1-27H. The highest BCUT2D eigenvalue weighted by molar-refractivity contribution is 6.10. The molecule has 4 heterocycles. The molecule has 6 nitrogen and oxygen atoms in total. The highest BCUT2D eigenvalue weighted by Gasteiger charge is 2.18. The molecule has 0 aliphatic heterocycles. The second-order valence-electron chi connectivity index (χ2n) is 12.3. The molecular weight excluding hydrogens is 615 g/mol. The number of aromatic nitrogens is 5. The maximum atomic E-state index is 6.31. The Hall–Kier alpha value is -6.92. The lowest BCUT2D eigenvalue weighted by Gasteiger charge is -2.11. The summed E-state index contributed by atoms with van der Waals surface area (Å²) in [6, 6.07) is 52.1. The van der Waals surface area contributed by atoms with Crippen molar-refractivity contribution >= 4 is 43.7 Å². The molecular formula is C44H27N5O. The van der Waals surface area contributed by atoms with Crippen molar-refractivity contribution in [3.05, 3.63) is 164 Å². The molecule has 0 bridgehead atoms. The summed E-state index contributed by atoms with van der Waals surface area (Å²) in [6.07, 6.45) is 3.61. The van der Waals surface area contributed by atoms with Crippen LogP contribution in [0.15, 0.2) is 168 Å². The van der Waals surface area contributed by atoms with Crippen molar-refractivity contribution in [1.82, 2.24) is 24.5 Å². The first-order valence-electron chi connectivity index (χ1n) is 16.5. The summed E-state index contributed by atoms with van der Waals surface area (Å²) >= 11 is 0. The van der Waals surface area contributed by atoms with Crippen molar-refractivity contribution in [3.8, 4) is 51.0 Å². The van der Waals surface area contributed by atoms with Gasteiger partial charge in [0.2, 0.25) is 5.95 Å². The Morgan fingerprint density at radius 3 is 1.66 bits per heavy atom. The Morgan fingerprint density at radius 2 is 0.980 bits per heavy atom. The van der Waals surface area contributed by atoms with Gasteiger partial charge in [-0.25, -0.2) is 4.98 Å². The third-order valence-corrected chi connectivity index (χ3v) is 9.41. The van der Waals surface area contributed by atoms with Crippen LogP contribution >= 0.6 is 0 Å². The van der Waals surface area contributed by atoms with Crippen molar-refractivity contribution in [2.75, 3.05) is 0 Å². The highest BCUT2D eigenvalue weighted by Crippen LogP contribution is 2.37. The number of nitrogens with zero attached hydrogens (tertiary/aromatic N) is 5. The van der Waals surface area contributed by atoms with Crippen LogP contribution in [-0.4, -0.2) is 24.5 Å². The van der Waals surface area contributed by atoms with Crippen LogP contribution in [0.3, 0.4) is 0 Å². The Balaban J connectivity index is 1.13. The van der Waals surface area contributed by atoms with Crippen molar-refractivity contribution in [2.24, 2.45) is 0 Å². The molecule has 4 aromatic heterocycles. The molecule has 0 atom stereocenters. The van der Waals surface area contributed by atoms with Crippen molar-refractivity contribution in [1.29, 1.82) is 0 Å². The fourth-order valence-corrected chi connectivity index (χ4v) is 6.97. The Kier molecular flexibility index (Phi) is 6.39. The second-order valence-corrected chi connectivity index (χ2v) is 12.3. The van der Waals surface area contributed by atoms with E-state index in [-0.39, 0.29) is 0 Å². The lowest BCUT2D eigenvalue weighted by atomic mass is 10.0. The van der Waals surface area contributed by atoms with Crippen LogP contribution in [0.4, 0.5) is 0 Å². The molecule has 0 aliphatic rings. The molecule has 234 valence electrons. The number of hydrogen-bond acceptors (Lipinski definition) is 5. The van der Waals surface area contributed by atoms with Crippen LogP contribution < -0.4 is 0 Å². The van der Waals surface area contributed by atoms with Gasteiger partial charge in [-0.05, 0) is 34.9 Å². The number of pyridine rings is 1. The maximum Gasteiger partial charge on any atom is 0.238 e. The van der Waals surface area contributed by atoms with E-state index in [1.807, 2.05) is 18.3 Å². The number of para-hydroxylation sites is 3. The predicted octanol–water partition coefficient (Wildman–Crippen LogP) is 10.9. The fourth-order valence-electron chi connectivity index (χ4n) is 6.97. The second kappa shape index (κ2) is 11.4. The van der Waals surface area contributed by atoms with Crippen LogP contribution in [0.5, 0.6) is 0 Å². The van der Waals surface area contributed by atoms with E-state index >= 15 is 0 Å². The van der Waals surface area contributed by atoms with E-state index < -0.39 is 0 Å². The maximum absolute atomic E-state index is 6.31. The Labute approximate surface area is 287 Å². The third-order valence-electron chi connectivity index (χ3n) is 9.41. The van der Waals surface area contributed by atoms with Gasteiger partial charge >= 0.3 is 0 Å². The molecule has 6 aromatic carbocycles. The normalized spacial score (nSPS) is 11.6. The highest BCUT2D eigenvalue weighted by atomic mass is 16.3. The van der Waals surface area contributed by atoms with E-state index in [0.29, 0.717) is 17.6 Å². The van der Waals surface area contributed by atoms with E-state index in [1.54, 1.807) is 6.20 Å². The van der Waals surface area contributed by atoms with E-state index in [0.717, 1.165) is 77.1 Å². The Bertz CT molecular complexity index is 2800. The van der Waals surface area contributed by atoms with Crippen LogP contribution in [0, 0.1) is 0 Å². The minimum atomic E-state index is 0.569. The van der Waals surface area contributed by atoms with E-state index in [9.17, 15) is 0 Å². The molecule has 50 heavy (non-hydrogen) atoms. The molecule has 0 saturated carbocycles. The molecule has 0 aliphatic carbocycles. The summed E-state index contributed by atoms with van der Waals surface area (Å²) in [6.45, 7) is 0. The molecule has 10 rings (SSSR count). The van der Waals surface area contributed by atoms with Gasteiger partial charge in [-0.3, -0.25) is 9.55 Å². The molecule has 10 aromatic rings. The zero-order valence-electron chi connectivity index (χ0n) is 26.7. The summed E-state index contributed by atoms with van der Waals surface area (Å²) in [5, 5.41) is 4.36. The molecule has 0 spiro atoms. The minimum absolute atomic E-state index is 0.569. The van der Waals surface area contributed by atoms with Gasteiger partial charge < -0.3 is 4.42 Å². The van der Waals surface area contributed by atoms with E-state index in [4.69, 9.17) is 19.4 Å². The average molecular weight is 642 g/mol. The van der Waals surface area contributed by atoms with Gasteiger partial charge in [0.15, 0.2) is 11.6 Å². The van der Waals surface area contributed by atoms with Gasteiger partial charge in [-0.2, -0.15) is 9.97 Å². The first kappa shape index (κ1) is 28.1. The van der Waals surface area contributed by atoms with Crippen LogP contribution in [0.1, 0.15) is 0 Å².